The Labute approximate surface area is 126 Å². The molecule has 0 unspecified atom stereocenters. The molecule has 1 aliphatic heterocycles. The minimum absolute atomic E-state index is 0.238. The van der Waals surface area contributed by atoms with Crippen molar-refractivity contribution in [2.75, 3.05) is 32.7 Å². The fourth-order valence-corrected chi connectivity index (χ4v) is 2.73. The summed E-state index contributed by atoms with van der Waals surface area (Å²) in [4.78, 5) is 27.5. The second kappa shape index (κ2) is 7.11. The normalized spacial score (nSPS) is 21.4. The summed E-state index contributed by atoms with van der Waals surface area (Å²) in [5.74, 6) is 0.152. The van der Waals surface area contributed by atoms with Gasteiger partial charge in [0.2, 0.25) is 0 Å². The van der Waals surface area contributed by atoms with Crippen molar-refractivity contribution in [3.63, 3.8) is 0 Å². The summed E-state index contributed by atoms with van der Waals surface area (Å²) in [5.41, 5.74) is 0. The lowest BCUT2D eigenvalue weighted by Crippen LogP contribution is -2.55. The van der Waals surface area contributed by atoms with Crippen LogP contribution in [0.4, 0.5) is 4.79 Å². The SMILES string of the molecule is CC(C)C[C@H](NC(=O)N1CCN(CC2CC2)CC1)C(=O)O. The lowest BCUT2D eigenvalue weighted by molar-refractivity contribution is -0.139. The van der Waals surface area contributed by atoms with Crippen LogP contribution in [0.1, 0.15) is 33.1 Å². The van der Waals surface area contributed by atoms with Gasteiger partial charge in [-0.1, -0.05) is 13.8 Å². The maximum Gasteiger partial charge on any atom is 0.326 e. The third kappa shape index (κ3) is 5.19. The molecule has 0 aromatic rings. The highest BCUT2D eigenvalue weighted by molar-refractivity contribution is 5.82. The van der Waals surface area contributed by atoms with Crippen molar-refractivity contribution >= 4 is 12.0 Å². The number of hydrogen-bond acceptors (Lipinski definition) is 3. The van der Waals surface area contributed by atoms with E-state index < -0.39 is 12.0 Å². The van der Waals surface area contributed by atoms with Crippen LogP contribution in [-0.4, -0.2) is 65.7 Å². The highest BCUT2D eigenvalue weighted by Gasteiger charge is 2.29. The number of carboxylic acid groups (broad SMARTS) is 1. The first-order valence-electron chi connectivity index (χ1n) is 7.96. The molecule has 2 rings (SSSR count). The quantitative estimate of drug-likeness (QED) is 0.773. The molecule has 0 radical (unpaired) electrons. The molecule has 2 aliphatic rings. The summed E-state index contributed by atoms with van der Waals surface area (Å²) in [6, 6.07) is -1.03. The third-order valence-electron chi connectivity index (χ3n) is 4.18. The van der Waals surface area contributed by atoms with Gasteiger partial charge in [0.15, 0.2) is 0 Å². The second-order valence-corrected chi connectivity index (χ2v) is 6.70. The van der Waals surface area contributed by atoms with Crippen LogP contribution in [-0.2, 0) is 4.79 Å². The molecule has 1 aliphatic carbocycles. The van der Waals surface area contributed by atoms with E-state index in [9.17, 15) is 14.7 Å². The standard InChI is InChI=1S/C15H27N3O3/c1-11(2)9-13(14(19)20)16-15(21)18-7-5-17(6-8-18)10-12-3-4-12/h11-13H,3-10H2,1-2H3,(H,16,21)(H,19,20)/t13-/m0/s1. The molecule has 0 aromatic heterocycles. The first-order chi connectivity index (χ1) is 9.95. The Balaban J connectivity index is 1.75. The highest BCUT2D eigenvalue weighted by atomic mass is 16.4. The molecule has 1 atom stereocenters. The summed E-state index contributed by atoms with van der Waals surface area (Å²) in [7, 11) is 0. The average Bonchev–Trinajstić information content (AvgIpc) is 3.22. The fraction of sp³-hybridized carbons (Fsp3) is 0.867. The van der Waals surface area contributed by atoms with E-state index in [1.165, 1.54) is 12.8 Å². The number of aliphatic carboxylic acids is 1. The molecule has 2 N–H and O–H groups in total. The van der Waals surface area contributed by atoms with Crippen LogP contribution < -0.4 is 5.32 Å². The van der Waals surface area contributed by atoms with Crippen molar-refractivity contribution in [3.05, 3.63) is 0 Å². The number of amides is 2. The molecule has 1 saturated carbocycles. The monoisotopic (exact) mass is 297 g/mol. The molecular formula is C15H27N3O3. The second-order valence-electron chi connectivity index (χ2n) is 6.70. The van der Waals surface area contributed by atoms with E-state index in [1.54, 1.807) is 4.90 Å². The van der Waals surface area contributed by atoms with Gasteiger partial charge in [0.25, 0.3) is 0 Å². The molecule has 21 heavy (non-hydrogen) atoms. The van der Waals surface area contributed by atoms with E-state index in [-0.39, 0.29) is 11.9 Å². The van der Waals surface area contributed by atoms with E-state index in [2.05, 4.69) is 10.2 Å². The lowest BCUT2D eigenvalue weighted by Gasteiger charge is -2.35. The van der Waals surface area contributed by atoms with Gasteiger partial charge in [-0.15, -0.1) is 0 Å². The van der Waals surface area contributed by atoms with Crippen LogP contribution in [0.5, 0.6) is 0 Å². The number of urea groups is 1. The summed E-state index contributed by atoms with van der Waals surface area (Å²) in [5, 5.41) is 11.8. The van der Waals surface area contributed by atoms with Gasteiger partial charge in [-0.2, -0.15) is 0 Å². The first-order valence-corrected chi connectivity index (χ1v) is 7.96. The van der Waals surface area contributed by atoms with Crippen molar-refractivity contribution in [2.24, 2.45) is 11.8 Å². The van der Waals surface area contributed by atoms with Crippen LogP contribution in [0.25, 0.3) is 0 Å². The molecule has 120 valence electrons. The van der Waals surface area contributed by atoms with Crippen LogP contribution in [0, 0.1) is 11.8 Å². The Kier molecular flexibility index (Phi) is 5.45. The van der Waals surface area contributed by atoms with Gasteiger partial charge < -0.3 is 15.3 Å². The summed E-state index contributed by atoms with van der Waals surface area (Å²) >= 11 is 0. The van der Waals surface area contributed by atoms with E-state index in [4.69, 9.17) is 0 Å². The van der Waals surface area contributed by atoms with Crippen molar-refractivity contribution in [2.45, 2.75) is 39.2 Å². The number of carbonyl (C=O) groups excluding carboxylic acids is 1. The van der Waals surface area contributed by atoms with Gasteiger partial charge in [0.1, 0.15) is 6.04 Å². The smallest absolute Gasteiger partial charge is 0.326 e. The van der Waals surface area contributed by atoms with E-state index in [1.807, 2.05) is 13.8 Å². The number of rotatable bonds is 6. The maximum atomic E-state index is 12.2. The number of hydrogen-bond donors (Lipinski definition) is 2. The largest absolute Gasteiger partial charge is 0.480 e. The zero-order chi connectivity index (χ0) is 15.4. The molecule has 6 heteroatoms. The minimum atomic E-state index is -0.954. The number of nitrogens with zero attached hydrogens (tertiary/aromatic N) is 2. The van der Waals surface area contributed by atoms with Crippen LogP contribution in [0.3, 0.4) is 0 Å². The van der Waals surface area contributed by atoms with Gasteiger partial charge in [0, 0.05) is 32.7 Å². The Morgan fingerprint density at radius 2 is 1.81 bits per heavy atom. The molecule has 2 fully saturated rings. The van der Waals surface area contributed by atoms with Crippen molar-refractivity contribution in [3.8, 4) is 0 Å². The van der Waals surface area contributed by atoms with Gasteiger partial charge in [-0.25, -0.2) is 9.59 Å². The van der Waals surface area contributed by atoms with Crippen LogP contribution in [0.2, 0.25) is 0 Å². The van der Waals surface area contributed by atoms with Gasteiger partial charge in [0.05, 0.1) is 0 Å². The molecular weight excluding hydrogens is 270 g/mol. The predicted octanol–water partition coefficient (Wildman–Crippen LogP) is 1.22. The third-order valence-corrected chi connectivity index (χ3v) is 4.18. The van der Waals surface area contributed by atoms with Crippen molar-refractivity contribution in [1.82, 2.24) is 15.1 Å². The Hall–Kier alpha value is -1.30. The number of piperazine rings is 1. The summed E-state index contributed by atoms with van der Waals surface area (Å²) in [6.07, 6.45) is 3.15. The fourth-order valence-electron chi connectivity index (χ4n) is 2.73. The zero-order valence-electron chi connectivity index (χ0n) is 13.0. The Morgan fingerprint density at radius 3 is 2.29 bits per heavy atom. The highest BCUT2D eigenvalue weighted by Crippen LogP contribution is 2.29. The minimum Gasteiger partial charge on any atom is -0.480 e. The van der Waals surface area contributed by atoms with Gasteiger partial charge in [-0.05, 0) is 31.1 Å². The molecule has 6 nitrogen and oxygen atoms in total. The van der Waals surface area contributed by atoms with E-state index >= 15 is 0 Å². The topological polar surface area (TPSA) is 72.9 Å². The molecule has 0 bridgehead atoms. The number of carbonyl (C=O) groups is 2. The molecule has 1 saturated heterocycles. The number of carboxylic acids is 1. The average molecular weight is 297 g/mol. The first kappa shape index (κ1) is 16.1. The zero-order valence-corrected chi connectivity index (χ0v) is 13.0. The summed E-state index contributed by atoms with van der Waals surface area (Å²) in [6.45, 7) is 8.23. The van der Waals surface area contributed by atoms with Gasteiger partial charge in [-0.3, -0.25) is 4.90 Å². The van der Waals surface area contributed by atoms with Gasteiger partial charge >= 0.3 is 12.0 Å². The maximum absolute atomic E-state index is 12.2. The molecule has 1 heterocycles. The molecule has 2 amide bonds. The van der Waals surface area contributed by atoms with Crippen LogP contribution >= 0.6 is 0 Å². The summed E-state index contributed by atoms with van der Waals surface area (Å²) < 4.78 is 0. The van der Waals surface area contributed by atoms with Crippen LogP contribution in [0.15, 0.2) is 0 Å². The number of nitrogens with one attached hydrogen (secondary N) is 1. The predicted molar refractivity (Wildman–Crippen MR) is 80.1 cm³/mol. The van der Waals surface area contributed by atoms with E-state index in [0.717, 1.165) is 25.6 Å². The lowest BCUT2D eigenvalue weighted by atomic mass is 10.0. The van der Waals surface area contributed by atoms with Crippen molar-refractivity contribution in [1.29, 1.82) is 0 Å². The molecule has 0 spiro atoms. The van der Waals surface area contributed by atoms with E-state index in [0.29, 0.717) is 19.5 Å². The van der Waals surface area contributed by atoms with Crippen molar-refractivity contribution < 1.29 is 14.7 Å². The Bertz CT molecular complexity index is 374. The Morgan fingerprint density at radius 1 is 1.19 bits per heavy atom. The molecule has 0 aromatic carbocycles.